The molecule has 136 valence electrons. The Labute approximate surface area is 152 Å². The molecule has 0 radical (unpaired) electrons. The Balaban J connectivity index is 1.72. The summed E-state index contributed by atoms with van der Waals surface area (Å²) in [6.07, 6.45) is 4.39. The van der Waals surface area contributed by atoms with E-state index in [1.54, 1.807) is 17.1 Å². The van der Waals surface area contributed by atoms with Crippen LogP contribution in [0.5, 0.6) is 0 Å². The van der Waals surface area contributed by atoms with Crippen LogP contribution in [0, 0.1) is 0 Å². The van der Waals surface area contributed by atoms with Crippen LogP contribution in [0.4, 0.5) is 0 Å². The lowest BCUT2D eigenvalue weighted by Crippen LogP contribution is -2.23. The second kappa shape index (κ2) is 7.02. The molecule has 0 amide bonds. The van der Waals surface area contributed by atoms with Crippen LogP contribution in [0.2, 0.25) is 0 Å². The fourth-order valence-electron chi connectivity index (χ4n) is 2.30. The molecule has 0 saturated heterocycles. The van der Waals surface area contributed by atoms with Crippen molar-refractivity contribution in [1.29, 1.82) is 0 Å². The summed E-state index contributed by atoms with van der Waals surface area (Å²) in [5, 5.41) is 4.21. The van der Waals surface area contributed by atoms with Crippen LogP contribution in [0.25, 0.3) is 5.69 Å². The van der Waals surface area contributed by atoms with Gasteiger partial charge >= 0.3 is 0 Å². The first-order chi connectivity index (χ1) is 12.3. The third-order valence-electron chi connectivity index (χ3n) is 3.69. The van der Waals surface area contributed by atoms with Crippen LogP contribution in [0.3, 0.4) is 0 Å². The lowest BCUT2D eigenvalue weighted by atomic mass is 10.3. The van der Waals surface area contributed by atoms with Gasteiger partial charge in [0.15, 0.2) is 9.84 Å². The van der Waals surface area contributed by atoms with Crippen molar-refractivity contribution in [1.82, 2.24) is 14.5 Å². The molecular weight excluding hydrogens is 374 g/mol. The smallest absolute Gasteiger partial charge is 0.240 e. The maximum atomic E-state index is 12.4. The van der Waals surface area contributed by atoms with E-state index in [2.05, 4.69) is 9.82 Å². The third-order valence-corrected chi connectivity index (χ3v) is 6.23. The summed E-state index contributed by atoms with van der Waals surface area (Å²) in [5.74, 6) is 0. The van der Waals surface area contributed by atoms with Gasteiger partial charge < -0.3 is 0 Å². The number of sulfone groups is 1. The van der Waals surface area contributed by atoms with Gasteiger partial charge in [0.1, 0.15) is 0 Å². The highest BCUT2D eigenvalue weighted by atomic mass is 32.2. The number of para-hydroxylation sites is 1. The molecule has 1 aromatic heterocycles. The molecule has 0 fully saturated rings. The first kappa shape index (κ1) is 18.3. The Hall–Kier alpha value is -2.49. The molecule has 2 aromatic carbocycles. The van der Waals surface area contributed by atoms with Gasteiger partial charge in [0.25, 0.3) is 0 Å². The van der Waals surface area contributed by atoms with Gasteiger partial charge in [-0.15, -0.1) is 0 Å². The van der Waals surface area contributed by atoms with Crippen LogP contribution >= 0.6 is 0 Å². The summed E-state index contributed by atoms with van der Waals surface area (Å²) in [7, 11) is -7.13. The molecule has 0 atom stereocenters. The highest BCUT2D eigenvalue weighted by molar-refractivity contribution is 7.90. The normalized spacial score (nSPS) is 12.2. The van der Waals surface area contributed by atoms with E-state index in [-0.39, 0.29) is 16.3 Å². The fourth-order valence-corrected chi connectivity index (χ4v) is 3.95. The molecule has 1 N–H and O–H groups in total. The zero-order valence-electron chi connectivity index (χ0n) is 13.9. The third kappa shape index (κ3) is 4.18. The summed E-state index contributed by atoms with van der Waals surface area (Å²) in [4.78, 5) is 0.0703. The lowest BCUT2D eigenvalue weighted by Gasteiger charge is -2.06. The maximum absolute atomic E-state index is 12.4. The van der Waals surface area contributed by atoms with Crippen LogP contribution in [-0.4, -0.2) is 32.9 Å². The Morgan fingerprint density at radius 3 is 2.15 bits per heavy atom. The number of nitrogens with zero attached hydrogens (tertiary/aromatic N) is 2. The average Bonchev–Trinajstić information content (AvgIpc) is 3.09. The van der Waals surface area contributed by atoms with E-state index < -0.39 is 19.9 Å². The van der Waals surface area contributed by atoms with Crippen LogP contribution in [0.1, 0.15) is 5.56 Å². The largest absolute Gasteiger partial charge is 0.241 e. The van der Waals surface area contributed by atoms with E-state index in [0.29, 0.717) is 5.56 Å². The molecule has 0 aliphatic carbocycles. The maximum Gasteiger partial charge on any atom is 0.240 e. The molecule has 0 aliphatic heterocycles. The molecule has 3 aromatic rings. The van der Waals surface area contributed by atoms with E-state index in [4.69, 9.17) is 0 Å². The average molecular weight is 391 g/mol. The molecule has 0 spiro atoms. The van der Waals surface area contributed by atoms with Crippen molar-refractivity contribution >= 4 is 19.9 Å². The summed E-state index contributed by atoms with van der Waals surface area (Å²) >= 11 is 0. The molecule has 0 aliphatic rings. The Morgan fingerprint density at radius 2 is 1.54 bits per heavy atom. The van der Waals surface area contributed by atoms with Crippen LogP contribution in [-0.2, 0) is 26.4 Å². The zero-order valence-corrected chi connectivity index (χ0v) is 15.5. The summed E-state index contributed by atoms with van der Waals surface area (Å²) in [6, 6.07) is 14.6. The van der Waals surface area contributed by atoms with E-state index in [9.17, 15) is 16.8 Å². The highest BCUT2D eigenvalue weighted by Crippen LogP contribution is 2.15. The Kier molecular flexibility index (Phi) is 4.94. The summed E-state index contributed by atoms with van der Waals surface area (Å²) < 4.78 is 51.8. The number of hydrogen-bond donors (Lipinski definition) is 1. The first-order valence-electron chi connectivity index (χ1n) is 7.64. The highest BCUT2D eigenvalue weighted by Gasteiger charge is 2.16. The van der Waals surface area contributed by atoms with E-state index in [1.807, 2.05) is 30.3 Å². The second-order valence-electron chi connectivity index (χ2n) is 5.70. The molecular formula is C17H17N3O4S2. The first-order valence-corrected chi connectivity index (χ1v) is 11.0. The Morgan fingerprint density at radius 1 is 0.923 bits per heavy atom. The molecule has 9 heteroatoms. The summed E-state index contributed by atoms with van der Waals surface area (Å²) in [6.45, 7) is 0.0724. The molecule has 0 bridgehead atoms. The monoisotopic (exact) mass is 391 g/mol. The van der Waals surface area contributed by atoms with Crippen molar-refractivity contribution in [2.75, 3.05) is 6.26 Å². The minimum atomic E-state index is -3.76. The number of sulfonamides is 1. The predicted octanol–water partition coefficient (Wildman–Crippen LogP) is 1.75. The summed E-state index contributed by atoms with van der Waals surface area (Å²) in [5.41, 5.74) is 1.57. The number of rotatable bonds is 6. The van der Waals surface area contributed by atoms with Crippen molar-refractivity contribution in [3.63, 3.8) is 0 Å². The molecule has 0 saturated carbocycles. The molecule has 7 nitrogen and oxygen atoms in total. The van der Waals surface area contributed by atoms with Crippen LogP contribution < -0.4 is 4.72 Å². The van der Waals surface area contributed by atoms with Gasteiger partial charge in [-0.1, -0.05) is 18.2 Å². The number of nitrogens with one attached hydrogen (secondary N) is 1. The number of benzene rings is 2. The molecule has 3 rings (SSSR count). The van der Waals surface area contributed by atoms with Gasteiger partial charge in [0.05, 0.1) is 21.7 Å². The van der Waals surface area contributed by atoms with Crippen molar-refractivity contribution in [3.8, 4) is 5.69 Å². The van der Waals surface area contributed by atoms with Gasteiger partial charge in [-0.05, 0) is 36.4 Å². The van der Waals surface area contributed by atoms with Gasteiger partial charge in [-0.2, -0.15) is 5.10 Å². The molecule has 1 heterocycles. The van der Waals surface area contributed by atoms with Crippen molar-refractivity contribution in [2.24, 2.45) is 0 Å². The number of aromatic nitrogens is 2. The molecule has 26 heavy (non-hydrogen) atoms. The second-order valence-corrected chi connectivity index (χ2v) is 9.48. The van der Waals surface area contributed by atoms with Gasteiger partial charge in [-0.3, -0.25) is 0 Å². The predicted molar refractivity (Wildman–Crippen MR) is 97.1 cm³/mol. The van der Waals surface area contributed by atoms with Gasteiger partial charge in [0.2, 0.25) is 10.0 Å². The van der Waals surface area contributed by atoms with Crippen molar-refractivity contribution in [3.05, 3.63) is 72.6 Å². The standard InChI is InChI=1S/C17H17N3O4S2/c1-25(21,22)16-7-9-17(10-8-16)26(23,24)19-12-14-11-18-20(13-14)15-5-3-2-4-6-15/h2-11,13,19H,12H2,1H3. The Bertz CT molecular complexity index is 1100. The quantitative estimate of drug-likeness (QED) is 0.690. The van der Waals surface area contributed by atoms with E-state index >= 15 is 0 Å². The minimum Gasteiger partial charge on any atom is -0.241 e. The molecule has 0 unspecified atom stereocenters. The zero-order chi connectivity index (χ0) is 18.8. The van der Waals surface area contributed by atoms with Gasteiger partial charge in [-0.25, -0.2) is 26.2 Å². The SMILES string of the molecule is CS(=O)(=O)c1ccc(S(=O)(=O)NCc2cnn(-c3ccccc3)c2)cc1. The number of hydrogen-bond acceptors (Lipinski definition) is 5. The van der Waals surface area contributed by atoms with Gasteiger partial charge in [0, 0.05) is 24.6 Å². The lowest BCUT2D eigenvalue weighted by molar-refractivity contribution is 0.580. The fraction of sp³-hybridized carbons (Fsp3) is 0.118. The van der Waals surface area contributed by atoms with Crippen molar-refractivity contribution in [2.45, 2.75) is 16.3 Å². The van der Waals surface area contributed by atoms with Crippen molar-refractivity contribution < 1.29 is 16.8 Å². The van der Waals surface area contributed by atoms with Crippen LogP contribution in [0.15, 0.2) is 76.8 Å². The minimum absolute atomic E-state index is 0.000325. The van der Waals surface area contributed by atoms with E-state index in [0.717, 1.165) is 11.9 Å². The topological polar surface area (TPSA) is 98.1 Å². The van der Waals surface area contributed by atoms with E-state index in [1.165, 1.54) is 24.3 Å².